The zero-order valence-corrected chi connectivity index (χ0v) is 18.4. The van der Waals surface area contributed by atoms with Crippen LogP contribution in [0.25, 0.3) is 11.1 Å². The Morgan fingerprint density at radius 2 is 1.35 bits per heavy atom. The number of nitrogens with zero attached hydrogens (tertiary/aromatic N) is 2. The van der Waals surface area contributed by atoms with E-state index in [9.17, 15) is 13.2 Å². The van der Waals surface area contributed by atoms with Crippen molar-refractivity contribution in [1.29, 1.82) is 0 Å². The molecule has 0 radical (unpaired) electrons. The predicted molar refractivity (Wildman–Crippen MR) is 122 cm³/mol. The van der Waals surface area contributed by atoms with Crippen molar-refractivity contribution in [3.8, 4) is 11.1 Å². The van der Waals surface area contributed by atoms with Crippen molar-refractivity contribution in [3.05, 3.63) is 90.0 Å². The first-order valence-corrected chi connectivity index (χ1v) is 12.0. The first-order valence-electron chi connectivity index (χ1n) is 10.5. The average Bonchev–Trinajstić information content (AvgIpc) is 2.84. The smallest absolute Gasteiger partial charge is 0.253 e. The van der Waals surface area contributed by atoms with Crippen LogP contribution in [0.3, 0.4) is 0 Å². The van der Waals surface area contributed by atoms with Crippen LogP contribution in [0.15, 0.2) is 83.8 Å². The molecule has 3 aromatic carbocycles. The Balaban J connectivity index is 1.40. The number of carbonyl (C=O) groups is 1. The molecule has 31 heavy (non-hydrogen) atoms. The number of carbonyl (C=O) groups excluding carboxylic acids is 1. The molecule has 0 unspecified atom stereocenters. The van der Waals surface area contributed by atoms with Gasteiger partial charge in [-0.3, -0.25) is 4.79 Å². The van der Waals surface area contributed by atoms with Crippen molar-refractivity contribution in [1.82, 2.24) is 9.21 Å². The van der Waals surface area contributed by atoms with E-state index in [4.69, 9.17) is 0 Å². The molecule has 1 aliphatic rings. The minimum absolute atomic E-state index is 0.0658. The highest BCUT2D eigenvalue weighted by Gasteiger charge is 2.30. The van der Waals surface area contributed by atoms with E-state index in [-0.39, 0.29) is 5.91 Å². The number of aryl methyl sites for hydroxylation is 1. The summed E-state index contributed by atoms with van der Waals surface area (Å²) in [5.41, 5.74) is 3.88. The lowest BCUT2D eigenvalue weighted by Gasteiger charge is -2.34. The van der Waals surface area contributed by atoms with Gasteiger partial charge in [-0.15, -0.1) is 0 Å². The van der Waals surface area contributed by atoms with E-state index in [0.717, 1.165) is 23.1 Å². The Hall–Kier alpha value is -2.96. The Morgan fingerprint density at radius 3 is 1.94 bits per heavy atom. The van der Waals surface area contributed by atoms with Crippen LogP contribution in [0.2, 0.25) is 0 Å². The second-order valence-electron chi connectivity index (χ2n) is 7.64. The van der Waals surface area contributed by atoms with Crippen molar-refractivity contribution in [2.24, 2.45) is 0 Å². The Kier molecular flexibility index (Phi) is 6.20. The minimum atomic E-state index is -3.54. The third kappa shape index (κ3) is 4.55. The van der Waals surface area contributed by atoms with E-state index in [2.05, 4.69) is 0 Å². The number of hydrogen-bond donors (Lipinski definition) is 0. The molecule has 160 valence electrons. The topological polar surface area (TPSA) is 57.7 Å². The van der Waals surface area contributed by atoms with Crippen LogP contribution >= 0.6 is 0 Å². The fourth-order valence-corrected chi connectivity index (χ4v) is 5.22. The van der Waals surface area contributed by atoms with Gasteiger partial charge in [0.25, 0.3) is 5.91 Å². The van der Waals surface area contributed by atoms with Gasteiger partial charge in [0.05, 0.1) is 4.90 Å². The molecule has 0 bridgehead atoms. The Bertz CT molecular complexity index is 1130. The summed E-state index contributed by atoms with van der Waals surface area (Å²) in [5, 5.41) is 0. The molecule has 0 saturated carbocycles. The van der Waals surface area contributed by atoms with Crippen LogP contribution < -0.4 is 0 Å². The van der Waals surface area contributed by atoms with Crippen LogP contribution in [0, 0.1) is 0 Å². The van der Waals surface area contributed by atoms with Gasteiger partial charge in [0.2, 0.25) is 10.0 Å². The molecule has 1 amide bonds. The van der Waals surface area contributed by atoms with Gasteiger partial charge < -0.3 is 4.90 Å². The highest BCUT2D eigenvalue weighted by Crippen LogP contribution is 2.22. The predicted octanol–water partition coefficient (Wildman–Crippen LogP) is 4.06. The van der Waals surface area contributed by atoms with E-state index < -0.39 is 10.0 Å². The summed E-state index contributed by atoms with van der Waals surface area (Å²) < 4.78 is 27.3. The number of amides is 1. The molecule has 1 fully saturated rings. The van der Waals surface area contributed by atoms with E-state index >= 15 is 0 Å². The lowest BCUT2D eigenvalue weighted by Crippen LogP contribution is -2.50. The molecule has 4 rings (SSSR count). The third-order valence-corrected chi connectivity index (χ3v) is 7.65. The number of piperazine rings is 1. The van der Waals surface area contributed by atoms with E-state index in [1.807, 2.05) is 73.7 Å². The molecule has 0 aliphatic carbocycles. The summed E-state index contributed by atoms with van der Waals surface area (Å²) in [4.78, 5) is 14.9. The summed E-state index contributed by atoms with van der Waals surface area (Å²) >= 11 is 0. The molecule has 0 aromatic heterocycles. The fourth-order valence-electron chi connectivity index (χ4n) is 3.80. The number of benzene rings is 3. The number of rotatable bonds is 5. The average molecular weight is 435 g/mol. The fraction of sp³-hybridized carbons (Fsp3) is 0.240. The summed E-state index contributed by atoms with van der Waals surface area (Å²) in [6.07, 6.45) is 0.868. The number of hydrogen-bond acceptors (Lipinski definition) is 3. The summed E-state index contributed by atoms with van der Waals surface area (Å²) in [6, 6.07) is 24.6. The first kappa shape index (κ1) is 21.3. The zero-order valence-electron chi connectivity index (χ0n) is 17.6. The van der Waals surface area contributed by atoms with Gasteiger partial charge in [-0.25, -0.2) is 8.42 Å². The highest BCUT2D eigenvalue weighted by molar-refractivity contribution is 7.89. The van der Waals surface area contributed by atoms with Crippen LogP contribution in [-0.2, 0) is 16.4 Å². The van der Waals surface area contributed by atoms with Gasteiger partial charge >= 0.3 is 0 Å². The molecule has 5 nitrogen and oxygen atoms in total. The van der Waals surface area contributed by atoms with E-state index in [1.165, 1.54) is 4.31 Å². The molecule has 1 saturated heterocycles. The monoisotopic (exact) mass is 434 g/mol. The Labute approximate surface area is 184 Å². The van der Waals surface area contributed by atoms with Crippen LogP contribution in [0.4, 0.5) is 0 Å². The zero-order chi connectivity index (χ0) is 21.8. The summed E-state index contributed by atoms with van der Waals surface area (Å²) in [7, 11) is -3.54. The van der Waals surface area contributed by atoms with Crippen molar-refractivity contribution < 1.29 is 13.2 Å². The molecular weight excluding hydrogens is 408 g/mol. The normalized spacial score (nSPS) is 15.1. The van der Waals surface area contributed by atoms with Gasteiger partial charge in [-0.05, 0) is 47.4 Å². The van der Waals surface area contributed by atoms with Crippen molar-refractivity contribution in [3.63, 3.8) is 0 Å². The van der Waals surface area contributed by atoms with Crippen LogP contribution in [-0.4, -0.2) is 49.7 Å². The molecule has 0 spiro atoms. The second-order valence-corrected chi connectivity index (χ2v) is 9.58. The quantitative estimate of drug-likeness (QED) is 0.608. The standard InChI is InChI=1S/C25H26N2O3S/c1-2-20-8-14-24(15-9-20)31(29,30)27-18-16-26(17-19-27)25(28)23-12-10-22(11-13-23)21-6-4-3-5-7-21/h3-15H,2,16-19H2,1H3. The molecule has 6 heteroatoms. The minimum Gasteiger partial charge on any atom is -0.336 e. The van der Waals surface area contributed by atoms with E-state index in [0.29, 0.717) is 36.6 Å². The van der Waals surface area contributed by atoms with Gasteiger partial charge in [0, 0.05) is 31.7 Å². The molecule has 0 N–H and O–H groups in total. The molecule has 1 heterocycles. The molecular formula is C25H26N2O3S. The van der Waals surface area contributed by atoms with Crippen LogP contribution in [0.5, 0.6) is 0 Å². The van der Waals surface area contributed by atoms with Crippen molar-refractivity contribution >= 4 is 15.9 Å². The van der Waals surface area contributed by atoms with Gasteiger partial charge in [-0.1, -0.05) is 61.5 Å². The summed E-state index contributed by atoms with van der Waals surface area (Å²) in [5.74, 6) is -0.0658. The maximum atomic E-state index is 12.9. The van der Waals surface area contributed by atoms with E-state index in [1.54, 1.807) is 17.0 Å². The lowest BCUT2D eigenvalue weighted by molar-refractivity contribution is 0.0698. The van der Waals surface area contributed by atoms with Crippen molar-refractivity contribution in [2.45, 2.75) is 18.2 Å². The first-order chi connectivity index (χ1) is 15.0. The van der Waals surface area contributed by atoms with Crippen LogP contribution in [0.1, 0.15) is 22.8 Å². The SMILES string of the molecule is CCc1ccc(S(=O)(=O)N2CCN(C(=O)c3ccc(-c4ccccc4)cc3)CC2)cc1. The lowest BCUT2D eigenvalue weighted by atomic mass is 10.0. The number of sulfonamides is 1. The Morgan fingerprint density at radius 1 is 0.774 bits per heavy atom. The van der Waals surface area contributed by atoms with Gasteiger partial charge in [0.1, 0.15) is 0 Å². The third-order valence-electron chi connectivity index (χ3n) is 5.73. The van der Waals surface area contributed by atoms with Gasteiger partial charge in [-0.2, -0.15) is 4.31 Å². The molecule has 1 aliphatic heterocycles. The maximum absolute atomic E-state index is 12.9. The molecule has 0 atom stereocenters. The van der Waals surface area contributed by atoms with Crippen molar-refractivity contribution in [2.75, 3.05) is 26.2 Å². The molecule has 3 aromatic rings. The largest absolute Gasteiger partial charge is 0.336 e. The maximum Gasteiger partial charge on any atom is 0.253 e. The van der Waals surface area contributed by atoms with Gasteiger partial charge in [0.15, 0.2) is 0 Å². The second kappa shape index (κ2) is 9.04. The highest BCUT2D eigenvalue weighted by atomic mass is 32.2. The summed E-state index contributed by atoms with van der Waals surface area (Å²) in [6.45, 7) is 3.39.